The molecule has 0 aromatic carbocycles. The number of Topliss-reactive ketones (excluding diaryl/α,β-unsaturated/α-hetero) is 1. The molecule has 0 N–H and O–H groups in total. The van der Waals surface area contributed by atoms with E-state index in [1.54, 1.807) is 0 Å². The second kappa shape index (κ2) is 6.12. The second-order valence-corrected chi connectivity index (χ2v) is 9.26. The molecule has 1 unspecified atom stereocenters. The lowest BCUT2D eigenvalue weighted by molar-refractivity contribution is -0.420. The van der Waals surface area contributed by atoms with Crippen molar-refractivity contribution >= 4 is 17.7 Å². The first-order valence-electron chi connectivity index (χ1n) is 9.97. The number of ketones is 1. The van der Waals surface area contributed by atoms with Gasteiger partial charge in [-0.15, -0.1) is 4.89 Å². The minimum absolute atomic E-state index is 0.241. The fraction of sp³-hybridized carbons (Fsp3) is 0.762. The monoisotopic (exact) mass is 408 g/mol. The first kappa shape index (κ1) is 20.5. The lowest BCUT2D eigenvalue weighted by Gasteiger charge is -2.57. The maximum absolute atomic E-state index is 13.1. The quantitative estimate of drug-likeness (QED) is 0.174. The molecule has 0 radical (unpaired) electrons. The first-order valence-corrected chi connectivity index (χ1v) is 9.97. The van der Waals surface area contributed by atoms with Crippen molar-refractivity contribution in [1.29, 1.82) is 0 Å². The van der Waals surface area contributed by atoms with Crippen LogP contribution in [0.3, 0.4) is 0 Å². The maximum atomic E-state index is 13.1. The van der Waals surface area contributed by atoms with E-state index in [4.69, 9.17) is 24.0 Å². The van der Waals surface area contributed by atoms with Gasteiger partial charge in [-0.3, -0.25) is 14.5 Å². The number of esters is 1. The highest BCUT2D eigenvalue weighted by Crippen LogP contribution is 2.76. The van der Waals surface area contributed by atoms with E-state index in [0.717, 1.165) is 12.8 Å². The zero-order chi connectivity index (χ0) is 21.4. The lowest BCUT2D eigenvalue weighted by atomic mass is 9.49. The highest BCUT2D eigenvalue weighted by atomic mass is 17.2. The molecular formula is C21H28O8. The molecule has 29 heavy (non-hydrogen) atoms. The standard InChI is InChI=1S/C21H28O8/c1-11-7-8-18(5)15(9-11)26-17-20(10-25-20)19(18,6)16(12(2)22)21(17,27-13(3)23)29-28-14(4)24/h9,15-17H,7-8,10H2,1-6H3/t15-,16?,17+,18+,19-,20+,21-/m1/s1. The van der Waals surface area contributed by atoms with Crippen LogP contribution in [0.4, 0.5) is 0 Å². The summed E-state index contributed by atoms with van der Waals surface area (Å²) in [7, 11) is 0. The van der Waals surface area contributed by atoms with Crippen LogP contribution in [0.25, 0.3) is 0 Å². The van der Waals surface area contributed by atoms with Crippen molar-refractivity contribution < 1.29 is 38.4 Å². The predicted molar refractivity (Wildman–Crippen MR) is 98.1 cm³/mol. The van der Waals surface area contributed by atoms with Crippen molar-refractivity contribution in [3.05, 3.63) is 11.6 Å². The Bertz CT molecular complexity index is 813. The number of carbonyl (C=O) groups excluding carboxylic acids is 3. The van der Waals surface area contributed by atoms with E-state index < -0.39 is 46.2 Å². The van der Waals surface area contributed by atoms with Gasteiger partial charge in [-0.2, -0.15) is 0 Å². The Hall–Kier alpha value is -1.77. The van der Waals surface area contributed by atoms with Gasteiger partial charge in [-0.1, -0.05) is 25.5 Å². The van der Waals surface area contributed by atoms with Crippen molar-refractivity contribution in [2.45, 2.75) is 78.0 Å². The van der Waals surface area contributed by atoms with Gasteiger partial charge in [0, 0.05) is 24.7 Å². The SMILES string of the molecule is CC(=O)OO[C@]1(OC(C)=O)C(C(C)=O)[C@]2(C)[C@@]3(C)CCC(C)=C[C@H]3O[C@H]1[C@@]21CO1. The number of allylic oxidation sites excluding steroid dienone is 1. The Morgan fingerprint density at radius 1 is 1.14 bits per heavy atom. The summed E-state index contributed by atoms with van der Waals surface area (Å²) in [4.78, 5) is 47.2. The van der Waals surface area contributed by atoms with E-state index in [9.17, 15) is 14.4 Å². The van der Waals surface area contributed by atoms with Gasteiger partial charge in [0.1, 0.15) is 11.4 Å². The third-order valence-corrected chi connectivity index (χ3v) is 7.67. The molecule has 2 aliphatic carbocycles. The van der Waals surface area contributed by atoms with E-state index in [1.165, 1.54) is 26.3 Å². The molecule has 160 valence electrons. The zero-order valence-corrected chi connectivity index (χ0v) is 17.7. The summed E-state index contributed by atoms with van der Waals surface area (Å²) in [5.41, 5.74) is -0.922. The lowest BCUT2D eigenvalue weighted by Crippen LogP contribution is -2.63. The molecule has 4 aliphatic rings. The molecule has 1 spiro atoms. The molecule has 0 amide bonds. The molecule has 2 bridgehead atoms. The first-order chi connectivity index (χ1) is 13.4. The molecule has 0 aromatic rings. The largest absolute Gasteiger partial charge is 0.425 e. The third-order valence-electron chi connectivity index (χ3n) is 7.67. The van der Waals surface area contributed by atoms with E-state index in [0.29, 0.717) is 6.61 Å². The number of hydrogen-bond acceptors (Lipinski definition) is 8. The van der Waals surface area contributed by atoms with Gasteiger partial charge in [-0.05, 0) is 26.7 Å². The molecule has 0 aromatic heterocycles. The molecule has 7 atom stereocenters. The average Bonchev–Trinajstić information content (AvgIpc) is 3.37. The van der Waals surface area contributed by atoms with Crippen LogP contribution in [0, 0.1) is 16.7 Å². The molecule has 2 heterocycles. The van der Waals surface area contributed by atoms with Gasteiger partial charge < -0.3 is 14.2 Å². The van der Waals surface area contributed by atoms with E-state index in [2.05, 4.69) is 13.0 Å². The summed E-state index contributed by atoms with van der Waals surface area (Å²) in [6.07, 6.45) is 2.47. The molecule has 2 aliphatic heterocycles. The summed E-state index contributed by atoms with van der Waals surface area (Å²) in [5, 5.41) is 0. The Morgan fingerprint density at radius 3 is 2.31 bits per heavy atom. The molecule has 2 saturated heterocycles. The van der Waals surface area contributed by atoms with Crippen LogP contribution < -0.4 is 0 Å². The summed E-state index contributed by atoms with van der Waals surface area (Å²) >= 11 is 0. The highest BCUT2D eigenvalue weighted by Gasteiger charge is 2.90. The smallest absolute Gasteiger partial charge is 0.339 e. The minimum Gasteiger partial charge on any atom is -0.425 e. The van der Waals surface area contributed by atoms with Crippen LogP contribution in [0.2, 0.25) is 0 Å². The summed E-state index contributed by atoms with van der Waals surface area (Å²) in [6.45, 7) is 10.3. The van der Waals surface area contributed by atoms with E-state index >= 15 is 0 Å². The van der Waals surface area contributed by atoms with Gasteiger partial charge in [-0.25, -0.2) is 4.79 Å². The number of hydrogen-bond donors (Lipinski definition) is 0. The van der Waals surface area contributed by atoms with Crippen LogP contribution >= 0.6 is 0 Å². The van der Waals surface area contributed by atoms with Crippen molar-refractivity contribution in [2.24, 2.45) is 16.7 Å². The van der Waals surface area contributed by atoms with Crippen LogP contribution in [-0.4, -0.2) is 47.9 Å². The van der Waals surface area contributed by atoms with Gasteiger partial charge in [0.2, 0.25) is 0 Å². The molecule has 1 saturated carbocycles. The van der Waals surface area contributed by atoms with Crippen LogP contribution in [0.1, 0.15) is 54.4 Å². The zero-order valence-electron chi connectivity index (χ0n) is 17.7. The number of fused-ring (bicyclic) bond motifs is 2. The predicted octanol–water partition coefficient (Wildman–Crippen LogP) is 2.25. The van der Waals surface area contributed by atoms with Gasteiger partial charge in [0.05, 0.1) is 18.6 Å². The van der Waals surface area contributed by atoms with Crippen LogP contribution in [-0.2, 0) is 38.4 Å². The Kier molecular flexibility index (Phi) is 4.33. The average molecular weight is 408 g/mol. The van der Waals surface area contributed by atoms with Crippen molar-refractivity contribution in [2.75, 3.05) is 6.61 Å². The van der Waals surface area contributed by atoms with Gasteiger partial charge >= 0.3 is 11.9 Å². The topological polar surface area (TPSA) is 101 Å². The third kappa shape index (κ3) is 2.39. The molecule has 8 nitrogen and oxygen atoms in total. The summed E-state index contributed by atoms with van der Waals surface area (Å²) < 4.78 is 18.1. The Labute approximate surface area is 169 Å². The van der Waals surface area contributed by atoms with Crippen molar-refractivity contribution in [3.8, 4) is 0 Å². The number of carbonyl (C=O) groups is 3. The number of rotatable bonds is 4. The fourth-order valence-electron chi connectivity index (χ4n) is 6.22. The molecule has 4 rings (SSSR count). The van der Waals surface area contributed by atoms with Crippen LogP contribution in [0.5, 0.6) is 0 Å². The van der Waals surface area contributed by atoms with Gasteiger partial charge in [0.25, 0.3) is 5.79 Å². The van der Waals surface area contributed by atoms with E-state index in [-0.39, 0.29) is 11.9 Å². The maximum Gasteiger partial charge on any atom is 0.339 e. The van der Waals surface area contributed by atoms with Gasteiger partial charge in [0.15, 0.2) is 6.10 Å². The van der Waals surface area contributed by atoms with Crippen LogP contribution in [0.15, 0.2) is 11.6 Å². The Balaban J connectivity index is 1.95. The van der Waals surface area contributed by atoms with E-state index in [1.807, 2.05) is 13.8 Å². The summed E-state index contributed by atoms with van der Waals surface area (Å²) in [5.74, 6) is -4.49. The Morgan fingerprint density at radius 2 is 1.79 bits per heavy atom. The summed E-state index contributed by atoms with van der Waals surface area (Å²) in [6, 6.07) is 0. The van der Waals surface area contributed by atoms with Crippen molar-refractivity contribution in [3.63, 3.8) is 0 Å². The molecule has 8 heteroatoms. The molecule has 3 fully saturated rings. The number of epoxide rings is 1. The molecular weight excluding hydrogens is 380 g/mol. The van der Waals surface area contributed by atoms with Crippen molar-refractivity contribution in [1.82, 2.24) is 0 Å². The number of ether oxygens (including phenoxy) is 3. The second-order valence-electron chi connectivity index (χ2n) is 9.26. The fourth-order valence-corrected chi connectivity index (χ4v) is 6.22. The normalized spacial score (nSPS) is 47.2. The highest BCUT2D eigenvalue weighted by molar-refractivity contribution is 5.83. The minimum atomic E-state index is -1.92.